The summed E-state index contributed by atoms with van der Waals surface area (Å²) in [5.41, 5.74) is 4.44. The summed E-state index contributed by atoms with van der Waals surface area (Å²) in [4.78, 5) is 29.8. The van der Waals surface area contributed by atoms with Crippen molar-refractivity contribution in [2.45, 2.75) is 25.8 Å². The minimum atomic E-state index is -0.932. The van der Waals surface area contributed by atoms with E-state index in [-0.39, 0.29) is 17.9 Å². The van der Waals surface area contributed by atoms with Crippen molar-refractivity contribution in [3.05, 3.63) is 54.1 Å². The van der Waals surface area contributed by atoms with E-state index < -0.39 is 5.97 Å². The molecular weight excluding hydrogens is 442 g/mol. The fraction of sp³-hybridized carbons (Fsp3) is 0.333. The lowest BCUT2D eigenvalue weighted by molar-refractivity contribution is -0.138. The third kappa shape index (κ3) is 4.06. The second-order valence-corrected chi connectivity index (χ2v) is 9.10. The van der Waals surface area contributed by atoms with Gasteiger partial charge in [0, 0.05) is 49.4 Å². The van der Waals surface area contributed by atoms with E-state index in [9.17, 15) is 9.59 Å². The van der Waals surface area contributed by atoms with Crippen molar-refractivity contribution in [3.8, 4) is 22.3 Å². The molecule has 0 bridgehead atoms. The Morgan fingerprint density at radius 1 is 1.06 bits per heavy atom. The Morgan fingerprint density at radius 3 is 2.45 bits per heavy atom. The number of piperidine rings is 1. The molecule has 4 heterocycles. The Morgan fingerprint density at radius 2 is 1.79 bits per heavy atom. The van der Waals surface area contributed by atoms with Crippen LogP contribution in [0.15, 0.2) is 49.1 Å². The number of hydrogen-bond acceptors (Lipinski definition) is 5. The maximum atomic E-state index is 12.4. The highest BCUT2D eigenvalue weighted by Crippen LogP contribution is 2.43. The van der Waals surface area contributed by atoms with Gasteiger partial charge in [-0.3, -0.25) is 19.3 Å². The minimum absolute atomic E-state index is 0.172. The smallest absolute Gasteiger partial charge is 0.325 e. The molecule has 1 amide bonds. The van der Waals surface area contributed by atoms with Gasteiger partial charge in [0.05, 0.1) is 22.3 Å². The SMILES string of the molecule is O=C(O)Cn1cc(-c2ccc(-c3cncc(Cl)c3N3CCC4(CCNC4=O)CC3)cc2)cn1. The Kier molecular flexibility index (Phi) is 5.54. The van der Waals surface area contributed by atoms with Crippen LogP contribution in [0.25, 0.3) is 22.3 Å². The van der Waals surface area contributed by atoms with Crippen LogP contribution in [-0.2, 0) is 16.1 Å². The zero-order chi connectivity index (χ0) is 23.0. The number of carboxylic acids is 1. The number of nitrogens with one attached hydrogen (secondary N) is 1. The van der Waals surface area contributed by atoms with Crippen LogP contribution in [0.4, 0.5) is 5.69 Å². The number of nitrogens with zero attached hydrogens (tertiary/aromatic N) is 4. The van der Waals surface area contributed by atoms with E-state index in [1.54, 1.807) is 18.6 Å². The maximum absolute atomic E-state index is 12.4. The number of benzene rings is 1. The first-order valence-corrected chi connectivity index (χ1v) is 11.3. The van der Waals surface area contributed by atoms with E-state index >= 15 is 0 Å². The number of aromatic nitrogens is 3. The van der Waals surface area contributed by atoms with Crippen LogP contribution in [0.3, 0.4) is 0 Å². The van der Waals surface area contributed by atoms with Gasteiger partial charge in [-0.15, -0.1) is 0 Å². The number of halogens is 1. The van der Waals surface area contributed by atoms with Gasteiger partial charge in [-0.25, -0.2) is 0 Å². The number of aliphatic carboxylic acids is 1. The Hall–Kier alpha value is -3.39. The van der Waals surface area contributed by atoms with Crippen molar-refractivity contribution in [1.29, 1.82) is 0 Å². The van der Waals surface area contributed by atoms with Gasteiger partial charge in [0.2, 0.25) is 5.91 Å². The monoisotopic (exact) mass is 465 g/mol. The van der Waals surface area contributed by atoms with Crippen LogP contribution < -0.4 is 10.2 Å². The molecule has 170 valence electrons. The summed E-state index contributed by atoms with van der Waals surface area (Å²) in [7, 11) is 0. The van der Waals surface area contributed by atoms with E-state index in [1.807, 2.05) is 30.5 Å². The van der Waals surface area contributed by atoms with Crippen LogP contribution in [-0.4, -0.2) is 51.4 Å². The second-order valence-electron chi connectivity index (χ2n) is 8.69. The molecule has 0 atom stereocenters. The van der Waals surface area contributed by atoms with Gasteiger partial charge >= 0.3 is 5.97 Å². The zero-order valence-electron chi connectivity index (χ0n) is 18.0. The number of carbonyl (C=O) groups is 2. The first-order chi connectivity index (χ1) is 15.9. The number of rotatable bonds is 5. The summed E-state index contributed by atoms with van der Waals surface area (Å²) in [5.74, 6) is -0.747. The molecule has 3 aromatic rings. The van der Waals surface area contributed by atoms with Crippen molar-refractivity contribution in [1.82, 2.24) is 20.1 Å². The molecule has 33 heavy (non-hydrogen) atoms. The van der Waals surface area contributed by atoms with Crippen LogP contribution in [0, 0.1) is 5.41 Å². The fourth-order valence-electron chi connectivity index (χ4n) is 4.89. The molecule has 2 N–H and O–H groups in total. The number of carbonyl (C=O) groups excluding carboxylic acids is 1. The number of amides is 1. The largest absolute Gasteiger partial charge is 0.480 e. The molecule has 0 aliphatic carbocycles. The van der Waals surface area contributed by atoms with Crippen molar-refractivity contribution in [2.75, 3.05) is 24.5 Å². The molecule has 0 saturated carbocycles. The normalized spacial score (nSPS) is 17.4. The van der Waals surface area contributed by atoms with Gasteiger partial charge in [-0.05, 0) is 30.4 Å². The van der Waals surface area contributed by atoms with Gasteiger partial charge in [-0.2, -0.15) is 5.10 Å². The van der Waals surface area contributed by atoms with Gasteiger partial charge in [0.1, 0.15) is 6.54 Å². The number of carboxylic acid groups (broad SMARTS) is 1. The van der Waals surface area contributed by atoms with Gasteiger partial charge in [-0.1, -0.05) is 35.9 Å². The molecule has 1 spiro atoms. The highest BCUT2D eigenvalue weighted by molar-refractivity contribution is 6.33. The third-order valence-corrected chi connectivity index (χ3v) is 7.02. The quantitative estimate of drug-likeness (QED) is 0.598. The molecule has 1 aromatic carbocycles. The zero-order valence-corrected chi connectivity index (χ0v) is 18.8. The van der Waals surface area contributed by atoms with E-state index in [4.69, 9.17) is 16.7 Å². The van der Waals surface area contributed by atoms with Crippen molar-refractivity contribution >= 4 is 29.2 Å². The third-order valence-electron chi connectivity index (χ3n) is 6.74. The van der Waals surface area contributed by atoms with Crippen LogP contribution in [0.2, 0.25) is 5.02 Å². The highest BCUT2D eigenvalue weighted by Gasteiger charge is 2.44. The Balaban J connectivity index is 1.39. The molecule has 2 saturated heterocycles. The van der Waals surface area contributed by atoms with Crippen molar-refractivity contribution in [3.63, 3.8) is 0 Å². The van der Waals surface area contributed by atoms with Crippen molar-refractivity contribution in [2.24, 2.45) is 5.41 Å². The molecule has 0 unspecified atom stereocenters. The van der Waals surface area contributed by atoms with Gasteiger partial charge in [0.25, 0.3) is 0 Å². The van der Waals surface area contributed by atoms with E-state index in [0.29, 0.717) is 5.02 Å². The minimum Gasteiger partial charge on any atom is -0.480 e. The molecule has 2 aromatic heterocycles. The molecule has 5 rings (SSSR count). The average Bonchev–Trinajstić information content (AvgIpc) is 3.41. The van der Waals surface area contributed by atoms with Crippen LogP contribution >= 0.6 is 11.6 Å². The van der Waals surface area contributed by atoms with Gasteiger partial charge < -0.3 is 15.3 Å². The Bertz CT molecular complexity index is 1200. The maximum Gasteiger partial charge on any atom is 0.325 e. The first-order valence-electron chi connectivity index (χ1n) is 11.0. The van der Waals surface area contributed by atoms with Crippen LogP contribution in [0.5, 0.6) is 0 Å². The summed E-state index contributed by atoms with van der Waals surface area (Å²) in [6.07, 6.45) is 9.41. The second kappa shape index (κ2) is 8.51. The van der Waals surface area contributed by atoms with Crippen LogP contribution in [0.1, 0.15) is 19.3 Å². The predicted octanol–water partition coefficient (Wildman–Crippen LogP) is 3.46. The number of anilines is 1. The van der Waals surface area contributed by atoms with Gasteiger partial charge in [0.15, 0.2) is 0 Å². The molecule has 2 aliphatic rings. The average molecular weight is 466 g/mol. The lowest BCUT2D eigenvalue weighted by Crippen LogP contribution is -2.44. The molecule has 9 heteroatoms. The predicted molar refractivity (Wildman–Crippen MR) is 125 cm³/mol. The summed E-state index contributed by atoms with van der Waals surface area (Å²) in [5, 5.41) is 16.6. The summed E-state index contributed by atoms with van der Waals surface area (Å²) in [6, 6.07) is 7.99. The lowest BCUT2D eigenvalue weighted by atomic mass is 9.77. The highest BCUT2D eigenvalue weighted by atomic mass is 35.5. The fourth-order valence-corrected chi connectivity index (χ4v) is 5.17. The molecular formula is C24H24ClN5O3. The molecule has 8 nitrogen and oxygen atoms in total. The number of hydrogen-bond donors (Lipinski definition) is 2. The summed E-state index contributed by atoms with van der Waals surface area (Å²) >= 11 is 6.62. The molecule has 2 fully saturated rings. The molecule has 2 aliphatic heterocycles. The van der Waals surface area contributed by atoms with E-state index in [0.717, 1.165) is 66.8 Å². The van der Waals surface area contributed by atoms with Crippen molar-refractivity contribution < 1.29 is 14.7 Å². The standard InChI is InChI=1S/C24H24ClN5O3/c25-20-13-26-12-19(22(20)29-9-6-24(7-10-29)5-8-27-23(24)33)17-3-1-16(2-4-17)18-11-28-30(14-18)15-21(31)32/h1-4,11-14H,5-10,15H2,(H,27,33)(H,31,32). The summed E-state index contributed by atoms with van der Waals surface area (Å²) < 4.78 is 1.40. The number of pyridine rings is 1. The van der Waals surface area contributed by atoms with E-state index in [2.05, 4.69) is 20.3 Å². The Labute approximate surface area is 196 Å². The lowest BCUT2D eigenvalue weighted by Gasteiger charge is -2.39. The van der Waals surface area contributed by atoms with E-state index in [1.165, 1.54) is 4.68 Å². The first kappa shape index (κ1) is 21.5. The topological polar surface area (TPSA) is 100 Å². The molecule has 0 radical (unpaired) electrons. The summed E-state index contributed by atoms with van der Waals surface area (Å²) in [6.45, 7) is 2.13.